The molecule has 1 amide bonds. The zero-order chi connectivity index (χ0) is 18.0. The molecule has 0 aliphatic heterocycles. The van der Waals surface area contributed by atoms with Gasteiger partial charge in [0.1, 0.15) is 0 Å². The van der Waals surface area contributed by atoms with Crippen LogP contribution in [0.3, 0.4) is 0 Å². The van der Waals surface area contributed by atoms with Gasteiger partial charge in [-0.2, -0.15) is 13.2 Å². The van der Waals surface area contributed by atoms with E-state index >= 15 is 0 Å². The van der Waals surface area contributed by atoms with E-state index in [1.165, 1.54) is 18.2 Å². The first-order valence-corrected chi connectivity index (χ1v) is 7.40. The highest BCUT2D eigenvalue weighted by Crippen LogP contribution is 2.29. The molecule has 3 aromatic rings. The fraction of sp³-hybridized carbons (Fsp3) is 0.111. The minimum atomic E-state index is -4.44. The Morgan fingerprint density at radius 2 is 1.84 bits per heavy atom. The topological polar surface area (TPSA) is 62.0 Å². The number of pyridine rings is 1. The van der Waals surface area contributed by atoms with Crippen LogP contribution < -0.4 is 10.9 Å². The van der Waals surface area contributed by atoms with Gasteiger partial charge in [-0.05, 0) is 35.9 Å². The van der Waals surface area contributed by atoms with Gasteiger partial charge in [0.05, 0.1) is 12.0 Å². The SMILES string of the molecule is O=C(Cc1cccc(C(F)(F)F)c1)Nc1ccc2[nH]c(=O)ccc2c1. The summed E-state index contributed by atoms with van der Waals surface area (Å²) in [6.45, 7) is 0. The summed E-state index contributed by atoms with van der Waals surface area (Å²) in [6, 6.07) is 12.6. The summed E-state index contributed by atoms with van der Waals surface area (Å²) in [6.07, 6.45) is -4.62. The zero-order valence-electron chi connectivity index (χ0n) is 12.9. The highest BCUT2D eigenvalue weighted by molar-refractivity contribution is 5.94. The summed E-state index contributed by atoms with van der Waals surface area (Å²) in [4.78, 5) is 26.0. The lowest BCUT2D eigenvalue weighted by Gasteiger charge is -2.09. The van der Waals surface area contributed by atoms with Crippen LogP contribution in [0, 0.1) is 0 Å². The Bertz CT molecular complexity index is 993. The van der Waals surface area contributed by atoms with Crippen molar-refractivity contribution in [2.45, 2.75) is 12.6 Å². The van der Waals surface area contributed by atoms with Crippen LogP contribution in [0.25, 0.3) is 10.9 Å². The average Bonchev–Trinajstić information content (AvgIpc) is 2.54. The first-order valence-electron chi connectivity index (χ1n) is 7.40. The molecule has 0 spiro atoms. The molecule has 128 valence electrons. The molecule has 2 aromatic carbocycles. The lowest BCUT2D eigenvalue weighted by Crippen LogP contribution is -2.15. The smallest absolute Gasteiger partial charge is 0.326 e. The van der Waals surface area contributed by atoms with Gasteiger partial charge < -0.3 is 10.3 Å². The van der Waals surface area contributed by atoms with Gasteiger partial charge in [-0.3, -0.25) is 9.59 Å². The first-order chi connectivity index (χ1) is 11.8. The van der Waals surface area contributed by atoms with Crippen molar-refractivity contribution in [2.24, 2.45) is 0 Å². The molecule has 0 aliphatic rings. The number of aromatic amines is 1. The summed E-state index contributed by atoms with van der Waals surface area (Å²) in [5.41, 5.74) is 0.388. The Labute approximate surface area is 140 Å². The normalized spacial score (nSPS) is 11.5. The molecule has 0 saturated heterocycles. The maximum Gasteiger partial charge on any atom is 0.416 e. The van der Waals surface area contributed by atoms with Gasteiger partial charge in [0.2, 0.25) is 11.5 Å². The number of anilines is 1. The second-order valence-electron chi connectivity index (χ2n) is 5.55. The number of nitrogens with one attached hydrogen (secondary N) is 2. The number of benzene rings is 2. The molecule has 1 heterocycles. The van der Waals surface area contributed by atoms with Gasteiger partial charge in [-0.1, -0.05) is 18.2 Å². The highest BCUT2D eigenvalue weighted by atomic mass is 19.4. The number of halogens is 3. The Hall–Kier alpha value is -3.09. The Morgan fingerprint density at radius 3 is 2.60 bits per heavy atom. The van der Waals surface area contributed by atoms with E-state index in [4.69, 9.17) is 0 Å². The van der Waals surface area contributed by atoms with E-state index in [0.29, 0.717) is 11.2 Å². The number of H-pyrrole nitrogens is 1. The Morgan fingerprint density at radius 1 is 1.04 bits per heavy atom. The van der Waals surface area contributed by atoms with Gasteiger partial charge in [0.15, 0.2) is 0 Å². The Kier molecular flexibility index (Phi) is 4.31. The van der Waals surface area contributed by atoms with E-state index in [2.05, 4.69) is 10.3 Å². The molecule has 0 bridgehead atoms. The van der Waals surface area contributed by atoms with Crippen LogP contribution in [-0.2, 0) is 17.4 Å². The molecule has 3 rings (SSSR count). The van der Waals surface area contributed by atoms with Crippen LogP contribution in [0.2, 0.25) is 0 Å². The number of aromatic nitrogens is 1. The minimum Gasteiger partial charge on any atom is -0.326 e. The number of carbonyl (C=O) groups is 1. The van der Waals surface area contributed by atoms with Crippen molar-refractivity contribution in [3.8, 4) is 0 Å². The summed E-state index contributed by atoms with van der Waals surface area (Å²) in [7, 11) is 0. The first kappa shape index (κ1) is 16.8. The third kappa shape index (κ3) is 4.06. The summed E-state index contributed by atoms with van der Waals surface area (Å²) in [5, 5.41) is 3.38. The van der Waals surface area contributed by atoms with Crippen molar-refractivity contribution >= 4 is 22.5 Å². The second kappa shape index (κ2) is 6.43. The van der Waals surface area contributed by atoms with Crippen molar-refractivity contribution in [1.29, 1.82) is 0 Å². The summed E-state index contributed by atoms with van der Waals surface area (Å²) in [5.74, 6) is -0.428. The Balaban J connectivity index is 1.74. The van der Waals surface area contributed by atoms with Crippen LogP contribution in [-0.4, -0.2) is 10.9 Å². The van der Waals surface area contributed by atoms with E-state index in [1.807, 2.05) is 0 Å². The average molecular weight is 346 g/mol. The van der Waals surface area contributed by atoms with Gasteiger partial charge in [-0.25, -0.2) is 0 Å². The van der Waals surface area contributed by atoms with Crippen LogP contribution in [0.15, 0.2) is 59.4 Å². The molecular formula is C18H13F3N2O2. The van der Waals surface area contributed by atoms with E-state index < -0.39 is 17.6 Å². The fourth-order valence-electron chi connectivity index (χ4n) is 2.48. The third-order valence-electron chi connectivity index (χ3n) is 3.63. The van der Waals surface area contributed by atoms with Crippen LogP contribution in [0.5, 0.6) is 0 Å². The molecule has 0 aliphatic carbocycles. The van der Waals surface area contributed by atoms with Gasteiger partial charge >= 0.3 is 6.18 Å². The minimum absolute atomic E-state index is 0.173. The molecule has 0 saturated carbocycles. The molecule has 0 radical (unpaired) electrons. The van der Waals surface area contributed by atoms with Gasteiger partial charge in [0.25, 0.3) is 0 Å². The molecule has 25 heavy (non-hydrogen) atoms. The van der Waals surface area contributed by atoms with Crippen LogP contribution in [0.1, 0.15) is 11.1 Å². The third-order valence-corrected chi connectivity index (χ3v) is 3.63. The van der Waals surface area contributed by atoms with Crippen molar-refractivity contribution < 1.29 is 18.0 Å². The number of alkyl halides is 3. The van der Waals surface area contributed by atoms with Gasteiger partial charge in [0, 0.05) is 22.7 Å². The molecular weight excluding hydrogens is 333 g/mol. The predicted molar refractivity (Wildman–Crippen MR) is 88.3 cm³/mol. The van der Waals surface area contributed by atoms with Crippen molar-refractivity contribution in [3.05, 3.63) is 76.1 Å². The second-order valence-corrected chi connectivity index (χ2v) is 5.55. The van der Waals surface area contributed by atoms with Crippen molar-refractivity contribution in [2.75, 3.05) is 5.32 Å². The summed E-state index contributed by atoms with van der Waals surface area (Å²) < 4.78 is 38.1. The molecule has 1 aromatic heterocycles. The predicted octanol–water partition coefficient (Wildman–Crippen LogP) is 3.73. The van der Waals surface area contributed by atoms with Crippen LogP contribution >= 0.6 is 0 Å². The number of carbonyl (C=O) groups excluding carboxylic acids is 1. The maximum absolute atomic E-state index is 12.7. The molecule has 4 nitrogen and oxygen atoms in total. The standard InChI is InChI=1S/C18H13F3N2O2/c19-18(20,21)13-3-1-2-11(8-13)9-17(25)22-14-5-6-15-12(10-14)4-7-16(24)23-15/h1-8,10H,9H2,(H,22,25)(H,23,24). The van der Waals surface area contributed by atoms with E-state index in [0.717, 1.165) is 17.5 Å². The quantitative estimate of drug-likeness (QED) is 0.759. The largest absolute Gasteiger partial charge is 0.416 e. The number of hydrogen-bond acceptors (Lipinski definition) is 2. The van der Waals surface area contributed by atoms with Crippen LogP contribution in [0.4, 0.5) is 18.9 Å². The van der Waals surface area contributed by atoms with E-state index in [1.54, 1.807) is 24.3 Å². The molecule has 2 N–H and O–H groups in total. The number of fused-ring (bicyclic) bond motifs is 1. The van der Waals surface area contributed by atoms with E-state index in [-0.39, 0.29) is 17.5 Å². The summed E-state index contributed by atoms with van der Waals surface area (Å²) >= 11 is 0. The van der Waals surface area contributed by atoms with Gasteiger partial charge in [-0.15, -0.1) is 0 Å². The monoisotopic (exact) mass is 346 g/mol. The molecule has 7 heteroatoms. The maximum atomic E-state index is 12.7. The van der Waals surface area contributed by atoms with Crippen molar-refractivity contribution in [3.63, 3.8) is 0 Å². The zero-order valence-corrected chi connectivity index (χ0v) is 12.9. The molecule has 0 fully saturated rings. The van der Waals surface area contributed by atoms with Crippen molar-refractivity contribution in [1.82, 2.24) is 4.98 Å². The number of amides is 1. The fourth-order valence-corrected chi connectivity index (χ4v) is 2.48. The van der Waals surface area contributed by atoms with E-state index in [9.17, 15) is 22.8 Å². The number of rotatable bonds is 3. The molecule has 0 unspecified atom stereocenters. The lowest BCUT2D eigenvalue weighted by molar-refractivity contribution is -0.137. The molecule has 0 atom stereocenters. The lowest BCUT2D eigenvalue weighted by atomic mass is 10.1. The highest BCUT2D eigenvalue weighted by Gasteiger charge is 2.30. The number of hydrogen-bond donors (Lipinski definition) is 2.